The molecule has 25 heavy (non-hydrogen) atoms. The van der Waals surface area contributed by atoms with Gasteiger partial charge in [0.1, 0.15) is 5.78 Å². The fourth-order valence-corrected chi connectivity index (χ4v) is 7.60. The highest BCUT2D eigenvalue weighted by Gasteiger charge is 2.61. The van der Waals surface area contributed by atoms with Crippen molar-refractivity contribution >= 4 is 5.78 Å². The number of Topliss-reactive ketones (excluding diaryl/α,β-unsaturated/α-hetero) is 1. The van der Waals surface area contributed by atoms with Gasteiger partial charge in [-0.15, -0.1) is 0 Å². The van der Waals surface area contributed by atoms with Crippen molar-refractivity contribution in [3.63, 3.8) is 0 Å². The van der Waals surface area contributed by atoms with Crippen molar-refractivity contribution in [2.45, 2.75) is 72.6 Å². The second-order valence-corrected chi connectivity index (χ2v) is 10.2. The molecule has 3 saturated carbocycles. The Kier molecular flexibility index (Phi) is 3.95. The monoisotopic (exact) mass is 339 g/mol. The normalized spacial score (nSPS) is 50.1. The van der Waals surface area contributed by atoms with Gasteiger partial charge in [0.25, 0.3) is 0 Å². The zero-order valence-electron chi connectivity index (χ0n) is 16.3. The molecule has 4 unspecified atom stereocenters. The van der Waals surface area contributed by atoms with Crippen molar-refractivity contribution in [2.24, 2.45) is 46.3 Å². The van der Waals surface area contributed by atoms with Gasteiger partial charge >= 0.3 is 0 Å². The largest absolute Gasteiger partial charge is 0.299 e. The fourth-order valence-electron chi connectivity index (χ4n) is 7.60. The van der Waals surface area contributed by atoms with Crippen molar-refractivity contribution in [1.82, 2.24) is 0 Å². The lowest BCUT2D eigenvalue weighted by atomic mass is 9.46. The Balaban J connectivity index is 1.68. The number of nitrogens with zero attached hydrogens (tertiary/aromatic N) is 1. The first kappa shape index (κ1) is 17.3. The number of carbonyl (C=O) groups is 1. The number of allylic oxidation sites excluding steroid dienone is 2. The van der Waals surface area contributed by atoms with Gasteiger partial charge in [-0.1, -0.05) is 32.4 Å². The van der Waals surface area contributed by atoms with E-state index >= 15 is 0 Å². The van der Waals surface area contributed by atoms with Crippen molar-refractivity contribution < 1.29 is 4.79 Å². The zero-order valence-corrected chi connectivity index (χ0v) is 16.3. The van der Waals surface area contributed by atoms with Gasteiger partial charge in [-0.2, -0.15) is 5.26 Å². The number of hydrogen-bond donors (Lipinski definition) is 0. The number of hydrogen-bond acceptors (Lipinski definition) is 2. The van der Waals surface area contributed by atoms with Crippen molar-refractivity contribution in [3.05, 3.63) is 11.6 Å². The molecule has 3 fully saturated rings. The van der Waals surface area contributed by atoms with Crippen LogP contribution in [0.5, 0.6) is 0 Å². The van der Waals surface area contributed by atoms with Gasteiger partial charge in [0.2, 0.25) is 0 Å². The summed E-state index contributed by atoms with van der Waals surface area (Å²) in [6.07, 6.45) is 10.8. The molecule has 136 valence electrons. The maximum absolute atomic E-state index is 12.9. The highest BCUT2D eigenvalue weighted by Crippen LogP contribution is 2.66. The summed E-state index contributed by atoms with van der Waals surface area (Å²) >= 11 is 0. The van der Waals surface area contributed by atoms with E-state index < -0.39 is 0 Å². The Bertz CT molecular complexity index is 657. The van der Waals surface area contributed by atoms with Crippen LogP contribution >= 0.6 is 0 Å². The second kappa shape index (κ2) is 5.70. The first-order valence-electron chi connectivity index (χ1n) is 10.4. The minimum absolute atomic E-state index is 0.0342. The maximum Gasteiger partial charge on any atom is 0.138 e. The molecule has 0 aliphatic heterocycles. The average molecular weight is 340 g/mol. The molecule has 0 aromatic heterocycles. The molecule has 4 aliphatic carbocycles. The van der Waals surface area contributed by atoms with E-state index in [0.29, 0.717) is 23.0 Å². The lowest BCUT2D eigenvalue weighted by Crippen LogP contribution is -2.50. The van der Waals surface area contributed by atoms with E-state index in [2.05, 4.69) is 32.9 Å². The Labute approximate surface area is 153 Å². The summed E-state index contributed by atoms with van der Waals surface area (Å²) < 4.78 is 0. The zero-order chi connectivity index (χ0) is 18.0. The van der Waals surface area contributed by atoms with E-state index in [-0.39, 0.29) is 17.3 Å². The molecular weight excluding hydrogens is 306 g/mol. The molecular formula is C23H33NO. The summed E-state index contributed by atoms with van der Waals surface area (Å²) in [7, 11) is 0. The van der Waals surface area contributed by atoms with E-state index in [1.165, 1.54) is 32.1 Å². The van der Waals surface area contributed by atoms with Crippen LogP contribution in [0.3, 0.4) is 0 Å². The van der Waals surface area contributed by atoms with Gasteiger partial charge in [0.05, 0.1) is 12.0 Å². The molecule has 0 spiro atoms. The predicted octanol–water partition coefficient (Wildman–Crippen LogP) is 5.54. The molecule has 2 heteroatoms. The van der Waals surface area contributed by atoms with Crippen LogP contribution in [0.25, 0.3) is 0 Å². The quantitative estimate of drug-likeness (QED) is 0.588. The number of nitriles is 1. The molecule has 0 bridgehead atoms. The van der Waals surface area contributed by atoms with Crippen LogP contribution in [-0.4, -0.2) is 5.78 Å². The first-order chi connectivity index (χ1) is 11.8. The molecule has 0 heterocycles. The van der Waals surface area contributed by atoms with Crippen LogP contribution in [0, 0.1) is 57.7 Å². The third-order valence-corrected chi connectivity index (χ3v) is 8.97. The molecule has 0 aromatic rings. The van der Waals surface area contributed by atoms with Gasteiger partial charge in [0.15, 0.2) is 0 Å². The van der Waals surface area contributed by atoms with Crippen LogP contribution in [0.4, 0.5) is 0 Å². The SMILES string of the molecule is CC(C#N)[C@H]1C(=O)CC2C3CC=C4C[C@@H](C)CC[C@]4(C)C3CC[C@@]21C. The Hall–Kier alpha value is -1.10. The molecule has 4 aliphatic rings. The standard InChI is InChI=1S/C23H33NO/c1-14-7-9-22(3)16(11-14)5-6-17-18(22)8-10-23(4)19(17)12-20(25)21(23)15(2)13-24/h5,14-15,17-19,21H,6-12H2,1-4H3/t14-,15?,17?,18?,19?,21-,22-,23-/m0/s1. The topological polar surface area (TPSA) is 40.9 Å². The molecule has 0 N–H and O–H groups in total. The molecule has 0 radical (unpaired) electrons. The summed E-state index contributed by atoms with van der Waals surface area (Å²) in [6.45, 7) is 9.22. The van der Waals surface area contributed by atoms with Crippen molar-refractivity contribution in [2.75, 3.05) is 0 Å². The van der Waals surface area contributed by atoms with E-state index in [4.69, 9.17) is 0 Å². The van der Waals surface area contributed by atoms with Crippen LogP contribution in [-0.2, 0) is 4.79 Å². The first-order valence-corrected chi connectivity index (χ1v) is 10.4. The van der Waals surface area contributed by atoms with E-state index in [1.807, 2.05) is 6.92 Å². The van der Waals surface area contributed by atoms with Gasteiger partial charge in [-0.05, 0) is 80.0 Å². The van der Waals surface area contributed by atoms with Gasteiger partial charge in [-0.25, -0.2) is 0 Å². The highest BCUT2D eigenvalue weighted by atomic mass is 16.1. The Morgan fingerprint density at radius 2 is 1.96 bits per heavy atom. The van der Waals surface area contributed by atoms with Crippen molar-refractivity contribution in [3.8, 4) is 6.07 Å². The lowest BCUT2D eigenvalue weighted by molar-refractivity contribution is -0.123. The van der Waals surface area contributed by atoms with Crippen LogP contribution in [0.1, 0.15) is 72.6 Å². The molecule has 0 saturated heterocycles. The summed E-state index contributed by atoms with van der Waals surface area (Å²) in [6, 6.07) is 2.39. The Morgan fingerprint density at radius 3 is 2.68 bits per heavy atom. The second-order valence-electron chi connectivity index (χ2n) is 10.2. The van der Waals surface area contributed by atoms with Crippen LogP contribution < -0.4 is 0 Å². The maximum atomic E-state index is 12.9. The summed E-state index contributed by atoms with van der Waals surface area (Å²) in [5.74, 6) is 2.93. The molecule has 0 aromatic carbocycles. The number of carbonyl (C=O) groups excluding carboxylic acids is 1. The van der Waals surface area contributed by atoms with Crippen LogP contribution in [0.2, 0.25) is 0 Å². The lowest BCUT2D eigenvalue weighted by Gasteiger charge is -2.58. The number of ketones is 1. The number of rotatable bonds is 1. The molecule has 4 rings (SSSR count). The summed E-state index contributed by atoms with van der Waals surface area (Å²) in [5, 5.41) is 9.46. The minimum Gasteiger partial charge on any atom is -0.299 e. The van der Waals surface area contributed by atoms with E-state index in [0.717, 1.165) is 24.7 Å². The summed E-state index contributed by atoms with van der Waals surface area (Å²) in [5.41, 5.74) is 2.15. The molecule has 0 amide bonds. The van der Waals surface area contributed by atoms with E-state index in [9.17, 15) is 10.1 Å². The highest BCUT2D eigenvalue weighted by molar-refractivity contribution is 5.85. The van der Waals surface area contributed by atoms with Gasteiger partial charge in [0, 0.05) is 12.3 Å². The average Bonchev–Trinajstić information content (AvgIpc) is 2.85. The van der Waals surface area contributed by atoms with E-state index in [1.54, 1.807) is 5.57 Å². The summed E-state index contributed by atoms with van der Waals surface area (Å²) in [4.78, 5) is 12.9. The Morgan fingerprint density at radius 1 is 1.20 bits per heavy atom. The predicted molar refractivity (Wildman–Crippen MR) is 99.5 cm³/mol. The third kappa shape index (κ3) is 2.30. The molecule has 8 atom stereocenters. The molecule has 2 nitrogen and oxygen atoms in total. The van der Waals surface area contributed by atoms with Gasteiger partial charge in [-0.3, -0.25) is 4.79 Å². The minimum atomic E-state index is -0.139. The van der Waals surface area contributed by atoms with Crippen molar-refractivity contribution in [1.29, 1.82) is 5.26 Å². The fraction of sp³-hybridized carbons (Fsp3) is 0.826. The smallest absolute Gasteiger partial charge is 0.138 e. The van der Waals surface area contributed by atoms with Crippen LogP contribution in [0.15, 0.2) is 11.6 Å². The number of fused-ring (bicyclic) bond motifs is 5. The van der Waals surface area contributed by atoms with Gasteiger partial charge < -0.3 is 0 Å². The third-order valence-electron chi connectivity index (χ3n) is 8.97.